The smallest absolute Gasteiger partial charge is 0.139 e. The van der Waals surface area contributed by atoms with Crippen LogP contribution in [0, 0.1) is 0 Å². The highest BCUT2D eigenvalue weighted by molar-refractivity contribution is 6.30. The van der Waals surface area contributed by atoms with Crippen molar-refractivity contribution in [1.29, 1.82) is 0 Å². The Morgan fingerprint density at radius 2 is 2.35 bits per heavy atom. The molecule has 1 unspecified atom stereocenters. The van der Waals surface area contributed by atoms with Crippen molar-refractivity contribution >= 4 is 11.6 Å². The number of nitrogens with zero attached hydrogens (tertiary/aromatic N) is 2. The summed E-state index contributed by atoms with van der Waals surface area (Å²) < 4.78 is 7.50. The molecule has 4 nitrogen and oxygen atoms in total. The second-order valence-electron chi connectivity index (χ2n) is 3.75. The van der Waals surface area contributed by atoms with Crippen LogP contribution >= 0.6 is 11.6 Å². The average molecular weight is 252 g/mol. The summed E-state index contributed by atoms with van der Waals surface area (Å²) in [5.74, 6) is 0.705. The third-order valence-corrected chi connectivity index (χ3v) is 2.62. The van der Waals surface area contributed by atoms with Crippen LogP contribution in [-0.2, 0) is 7.05 Å². The third kappa shape index (κ3) is 2.99. The topological polar surface area (TPSA) is 53.1 Å². The maximum Gasteiger partial charge on any atom is 0.139 e. The van der Waals surface area contributed by atoms with Gasteiger partial charge in [0.05, 0.1) is 6.20 Å². The van der Waals surface area contributed by atoms with Crippen LogP contribution in [0.2, 0.25) is 5.02 Å². The molecule has 0 saturated heterocycles. The minimum Gasteiger partial charge on any atom is -0.484 e. The maximum atomic E-state index is 5.89. The summed E-state index contributed by atoms with van der Waals surface area (Å²) in [5, 5.41) is 4.74. The number of hydrogen-bond acceptors (Lipinski definition) is 3. The van der Waals surface area contributed by atoms with Crippen molar-refractivity contribution in [3.63, 3.8) is 0 Å². The summed E-state index contributed by atoms with van der Waals surface area (Å²) in [6.07, 6.45) is 3.44. The first kappa shape index (κ1) is 12.0. The van der Waals surface area contributed by atoms with Gasteiger partial charge in [0.2, 0.25) is 0 Å². The van der Waals surface area contributed by atoms with E-state index in [9.17, 15) is 0 Å². The lowest BCUT2D eigenvalue weighted by atomic mass is 10.2. The van der Waals surface area contributed by atoms with E-state index in [1.165, 1.54) is 0 Å². The molecule has 0 saturated carbocycles. The molecule has 0 aliphatic carbocycles. The van der Waals surface area contributed by atoms with E-state index in [2.05, 4.69) is 5.10 Å². The van der Waals surface area contributed by atoms with Gasteiger partial charge in [0.1, 0.15) is 11.9 Å². The first-order valence-electron chi connectivity index (χ1n) is 5.30. The molecule has 0 radical (unpaired) electrons. The molecule has 1 atom stereocenters. The number of aryl methyl sites for hydroxylation is 1. The van der Waals surface area contributed by atoms with Gasteiger partial charge in [0, 0.05) is 30.4 Å². The SMILES string of the molecule is Cn1cc(C(CN)Oc2cccc(Cl)c2)cn1. The van der Waals surface area contributed by atoms with Crippen molar-refractivity contribution in [2.24, 2.45) is 12.8 Å². The maximum absolute atomic E-state index is 5.89. The number of hydrogen-bond donors (Lipinski definition) is 1. The zero-order valence-corrected chi connectivity index (χ0v) is 10.3. The number of halogens is 1. The molecule has 0 amide bonds. The fourth-order valence-electron chi connectivity index (χ4n) is 1.56. The Bertz CT molecular complexity index is 498. The Kier molecular flexibility index (Phi) is 3.66. The molecule has 1 aromatic heterocycles. The second-order valence-corrected chi connectivity index (χ2v) is 4.18. The van der Waals surface area contributed by atoms with E-state index in [1.54, 1.807) is 23.0 Å². The van der Waals surface area contributed by atoms with Crippen LogP contribution in [0.15, 0.2) is 36.7 Å². The van der Waals surface area contributed by atoms with Gasteiger partial charge in [-0.3, -0.25) is 4.68 Å². The Balaban J connectivity index is 2.15. The van der Waals surface area contributed by atoms with Gasteiger partial charge < -0.3 is 10.5 Å². The third-order valence-electron chi connectivity index (χ3n) is 2.39. The summed E-state index contributed by atoms with van der Waals surface area (Å²) in [6, 6.07) is 7.26. The van der Waals surface area contributed by atoms with Crippen LogP contribution < -0.4 is 10.5 Å². The molecule has 0 bridgehead atoms. The van der Waals surface area contributed by atoms with Gasteiger partial charge in [-0.15, -0.1) is 0 Å². The highest BCUT2D eigenvalue weighted by Gasteiger charge is 2.13. The van der Waals surface area contributed by atoms with Gasteiger partial charge in [-0.2, -0.15) is 5.10 Å². The molecule has 2 N–H and O–H groups in total. The predicted molar refractivity (Wildman–Crippen MR) is 67.1 cm³/mol. The van der Waals surface area contributed by atoms with Crippen molar-refractivity contribution in [2.45, 2.75) is 6.10 Å². The minimum atomic E-state index is -0.206. The van der Waals surface area contributed by atoms with E-state index < -0.39 is 0 Å². The molecular weight excluding hydrogens is 238 g/mol. The summed E-state index contributed by atoms with van der Waals surface area (Å²) >= 11 is 5.89. The molecule has 0 aliphatic rings. The van der Waals surface area contributed by atoms with Gasteiger partial charge in [0.25, 0.3) is 0 Å². The summed E-state index contributed by atoms with van der Waals surface area (Å²) in [5.41, 5.74) is 6.66. The number of aromatic nitrogens is 2. The van der Waals surface area contributed by atoms with E-state index in [0.29, 0.717) is 17.3 Å². The van der Waals surface area contributed by atoms with Gasteiger partial charge in [-0.25, -0.2) is 0 Å². The zero-order valence-electron chi connectivity index (χ0n) is 9.51. The van der Waals surface area contributed by atoms with Crippen molar-refractivity contribution in [1.82, 2.24) is 9.78 Å². The van der Waals surface area contributed by atoms with Gasteiger partial charge >= 0.3 is 0 Å². The molecule has 0 aliphatic heterocycles. The molecule has 2 aromatic rings. The highest BCUT2D eigenvalue weighted by Crippen LogP contribution is 2.23. The fraction of sp³-hybridized carbons (Fsp3) is 0.250. The van der Waals surface area contributed by atoms with Crippen molar-refractivity contribution in [3.05, 3.63) is 47.2 Å². The van der Waals surface area contributed by atoms with E-state index in [1.807, 2.05) is 25.4 Å². The first-order chi connectivity index (χ1) is 8.19. The van der Waals surface area contributed by atoms with E-state index >= 15 is 0 Å². The monoisotopic (exact) mass is 251 g/mol. The number of ether oxygens (including phenoxy) is 1. The Morgan fingerprint density at radius 3 is 2.94 bits per heavy atom. The van der Waals surface area contributed by atoms with Crippen LogP contribution in [-0.4, -0.2) is 16.3 Å². The fourth-order valence-corrected chi connectivity index (χ4v) is 1.74. The molecule has 0 fully saturated rings. The molecular formula is C12H14ClN3O. The lowest BCUT2D eigenvalue weighted by molar-refractivity contribution is 0.214. The molecule has 90 valence electrons. The predicted octanol–water partition coefficient (Wildman–Crippen LogP) is 2.15. The van der Waals surface area contributed by atoms with Gasteiger partial charge in [0.15, 0.2) is 0 Å². The van der Waals surface area contributed by atoms with E-state index in [4.69, 9.17) is 22.1 Å². The number of benzene rings is 1. The molecule has 5 heteroatoms. The summed E-state index contributed by atoms with van der Waals surface area (Å²) in [7, 11) is 1.86. The van der Waals surface area contributed by atoms with Crippen LogP contribution in [0.4, 0.5) is 0 Å². The highest BCUT2D eigenvalue weighted by atomic mass is 35.5. The normalized spacial score (nSPS) is 12.4. The Hall–Kier alpha value is -1.52. The lowest BCUT2D eigenvalue weighted by Crippen LogP contribution is -2.18. The van der Waals surface area contributed by atoms with Crippen LogP contribution in [0.1, 0.15) is 11.7 Å². The second kappa shape index (κ2) is 5.21. The van der Waals surface area contributed by atoms with Gasteiger partial charge in [-0.05, 0) is 18.2 Å². The molecule has 1 heterocycles. The molecule has 2 rings (SSSR count). The molecule has 1 aromatic carbocycles. The lowest BCUT2D eigenvalue weighted by Gasteiger charge is -2.16. The van der Waals surface area contributed by atoms with Crippen LogP contribution in [0.3, 0.4) is 0 Å². The number of nitrogens with two attached hydrogens (primary N) is 1. The average Bonchev–Trinajstić information content (AvgIpc) is 2.73. The molecule has 17 heavy (non-hydrogen) atoms. The van der Waals surface area contributed by atoms with Crippen molar-refractivity contribution < 1.29 is 4.74 Å². The quantitative estimate of drug-likeness (QED) is 0.906. The van der Waals surface area contributed by atoms with Crippen LogP contribution in [0.5, 0.6) is 5.75 Å². The summed E-state index contributed by atoms with van der Waals surface area (Å²) in [4.78, 5) is 0. The summed E-state index contributed by atoms with van der Waals surface area (Å²) in [6.45, 7) is 0.387. The Morgan fingerprint density at radius 1 is 1.53 bits per heavy atom. The van der Waals surface area contributed by atoms with E-state index in [-0.39, 0.29) is 6.10 Å². The van der Waals surface area contributed by atoms with E-state index in [0.717, 1.165) is 5.56 Å². The molecule has 0 spiro atoms. The standard InChI is InChI=1S/C12H14ClN3O/c1-16-8-9(7-15-16)12(6-14)17-11-4-2-3-10(13)5-11/h2-5,7-8,12H,6,14H2,1H3. The van der Waals surface area contributed by atoms with Crippen LogP contribution in [0.25, 0.3) is 0 Å². The minimum absolute atomic E-state index is 0.206. The van der Waals surface area contributed by atoms with Crippen molar-refractivity contribution in [3.8, 4) is 5.75 Å². The Labute approximate surface area is 105 Å². The first-order valence-corrected chi connectivity index (χ1v) is 5.67. The van der Waals surface area contributed by atoms with Crippen molar-refractivity contribution in [2.75, 3.05) is 6.54 Å². The van der Waals surface area contributed by atoms with Gasteiger partial charge in [-0.1, -0.05) is 17.7 Å². The number of rotatable bonds is 4. The zero-order chi connectivity index (χ0) is 12.3. The largest absolute Gasteiger partial charge is 0.484 e.